The van der Waals surface area contributed by atoms with Crippen molar-refractivity contribution in [1.82, 2.24) is 8.61 Å². The number of nitrogens with zero attached hydrogens (tertiary/aromatic N) is 2. The molecule has 0 amide bonds. The monoisotopic (exact) mass is 382 g/mol. The Morgan fingerprint density at radius 2 is 1.54 bits per heavy atom. The summed E-state index contributed by atoms with van der Waals surface area (Å²) in [6.45, 7) is 0.987. The second-order valence-corrected chi connectivity index (χ2v) is 9.76. The minimum atomic E-state index is -0.0307. The molecule has 0 saturated carbocycles. The van der Waals surface area contributed by atoms with Crippen LogP contribution in [0.15, 0.2) is 76.7 Å². The molecule has 2 nitrogen and oxygen atoms in total. The van der Waals surface area contributed by atoms with E-state index in [0.29, 0.717) is 0 Å². The molecule has 0 radical (unpaired) electrons. The van der Waals surface area contributed by atoms with Crippen molar-refractivity contribution < 1.29 is 0 Å². The molecule has 4 heteroatoms. The highest BCUT2D eigenvalue weighted by atomic mass is 32.2. The van der Waals surface area contributed by atoms with Crippen molar-refractivity contribution in [3.05, 3.63) is 78.0 Å². The molecule has 2 heterocycles. The molecule has 2 aliphatic heterocycles. The minimum Gasteiger partial charge on any atom is -0.329 e. The fraction of sp³-hybridized carbons (Fsp3) is 0.182. The van der Waals surface area contributed by atoms with Gasteiger partial charge in [0.15, 0.2) is 0 Å². The first-order valence-electron chi connectivity index (χ1n) is 8.60. The van der Waals surface area contributed by atoms with E-state index in [2.05, 4.69) is 107 Å². The van der Waals surface area contributed by atoms with E-state index in [1.807, 2.05) is 0 Å². The first-order valence-corrected chi connectivity index (χ1v) is 11.3. The molecule has 2 atom stereocenters. The molecule has 0 aromatic heterocycles. The van der Waals surface area contributed by atoms with Gasteiger partial charge in [-0.05, 0) is 36.7 Å². The predicted octanol–water partition coefficient (Wildman–Crippen LogP) is 5.28. The molecule has 2 aromatic rings. The summed E-state index contributed by atoms with van der Waals surface area (Å²) in [7, 11) is 4.15. The zero-order valence-corrected chi connectivity index (χ0v) is 17.1. The van der Waals surface area contributed by atoms with Crippen molar-refractivity contribution in [2.24, 2.45) is 0 Å². The van der Waals surface area contributed by atoms with Crippen LogP contribution in [0.3, 0.4) is 0 Å². The highest BCUT2D eigenvalue weighted by Gasteiger charge is 2.09. The summed E-state index contributed by atoms with van der Waals surface area (Å²) in [6.07, 6.45) is 9.72. The number of likely N-dealkylation sites (N-methyl/N-ethyl adjacent to an activating group) is 1. The van der Waals surface area contributed by atoms with Gasteiger partial charge in [-0.1, -0.05) is 87.7 Å². The number of benzene rings is 2. The summed E-state index contributed by atoms with van der Waals surface area (Å²) in [5, 5.41) is 0. The molecule has 2 aromatic carbocycles. The highest BCUT2D eigenvalue weighted by Crippen LogP contribution is 2.34. The Balaban J connectivity index is 0.000000151. The van der Waals surface area contributed by atoms with E-state index in [1.165, 1.54) is 20.9 Å². The van der Waals surface area contributed by atoms with Crippen LogP contribution in [0.5, 0.6) is 0 Å². The van der Waals surface area contributed by atoms with Gasteiger partial charge >= 0.3 is 0 Å². The topological polar surface area (TPSA) is 6.48 Å². The molecule has 0 fully saturated rings. The van der Waals surface area contributed by atoms with Crippen LogP contribution in [-0.4, -0.2) is 41.0 Å². The van der Waals surface area contributed by atoms with Gasteiger partial charge in [0.2, 0.25) is 0 Å². The molecule has 0 N–H and O–H groups in total. The van der Waals surface area contributed by atoms with Gasteiger partial charge in [0.1, 0.15) is 0 Å². The van der Waals surface area contributed by atoms with Gasteiger partial charge < -0.3 is 4.31 Å². The normalized spacial score (nSPS) is 21.7. The molecular weight excluding hydrogens is 356 g/mol. The third-order valence-electron chi connectivity index (χ3n) is 4.44. The van der Waals surface area contributed by atoms with Gasteiger partial charge in [-0.15, -0.1) is 0 Å². The van der Waals surface area contributed by atoms with Crippen molar-refractivity contribution in [2.45, 2.75) is 16.2 Å². The predicted molar refractivity (Wildman–Crippen MR) is 121 cm³/mol. The lowest BCUT2D eigenvalue weighted by atomic mass is 10.1. The number of fused-ring (bicyclic) bond motifs is 2. The lowest BCUT2D eigenvalue weighted by Crippen LogP contribution is -2.09. The van der Waals surface area contributed by atoms with E-state index < -0.39 is 0 Å². The Morgan fingerprint density at radius 3 is 2.35 bits per heavy atom. The minimum absolute atomic E-state index is 0.00642. The molecular formula is C22H26N2S2. The van der Waals surface area contributed by atoms with Crippen LogP contribution < -0.4 is 0 Å². The van der Waals surface area contributed by atoms with Crippen LogP contribution in [0.2, 0.25) is 0 Å². The Hall–Kier alpha value is -1.88. The first kappa shape index (κ1) is 18.9. The maximum atomic E-state index is 4.19. The lowest BCUT2D eigenvalue weighted by Gasteiger charge is -2.18. The Morgan fingerprint density at radius 1 is 0.846 bits per heavy atom. The Labute approximate surface area is 162 Å². The lowest BCUT2D eigenvalue weighted by molar-refractivity contribution is 0.637. The number of allylic oxidation sites excluding steroid dienone is 1. The van der Waals surface area contributed by atoms with Crippen molar-refractivity contribution in [1.29, 1.82) is 0 Å². The number of rotatable bonds is 0. The molecule has 0 aliphatic carbocycles. The van der Waals surface area contributed by atoms with Gasteiger partial charge in [0.25, 0.3) is 0 Å². The average Bonchev–Trinajstić information content (AvgIpc) is 2.90. The number of hydrogen-bond donors (Lipinski definition) is 0. The van der Waals surface area contributed by atoms with Crippen LogP contribution in [0, 0.1) is 0 Å². The van der Waals surface area contributed by atoms with Gasteiger partial charge in [-0.25, -0.2) is 0 Å². The average molecular weight is 383 g/mol. The fourth-order valence-corrected chi connectivity index (χ4v) is 5.36. The van der Waals surface area contributed by atoms with E-state index in [1.54, 1.807) is 0 Å². The highest BCUT2D eigenvalue weighted by molar-refractivity contribution is 8.12. The fourth-order valence-electron chi connectivity index (χ4n) is 2.88. The van der Waals surface area contributed by atoms with E-state index in [-0.39, 0.29) is 21.3 Å². The van der Waals surface area contributed by atoms with Crippen molar-refractivity contribution in [3.63, 3.8) is 0 Å². The van der Waals surface area contributed by atoms with Crippen LogP contribution >= 0.6 is 21.3 Å². The molecule has 0 bridgehead atoms. The SMILES string of the molecule is C=S1c2ccccc2C=CCN1C.C=S1c2ccccc2CC=CN1C. The summed E-state index contributed by atoms with van der Waals surface area (Å²) < 4.78 is 4.44. The Kier molecular flexibility index (Phi) is 6.30. The van der Waals surface area contributed by atoms with Crippen LogP contribution in [0.25, 0.3) is 6.08 Å². The largest absolute Gasteiger partial charge is 0.329 e. The second kappa shape index (κ2) is 8.67. The molecule has 2 unspecified atom stereocenters. The standard InChI is InChI=1S/2C11H13NS/c2*1-12-9-5-7-10-6-3-4-8-11(10)13(12)2/h3-6,8-9H,2,7H2,1H3;3-8H,2,9H2,1H3. The Bertz CT molecular complexity index is 883. The summed E-state index contributed by atoms with van der Waals surface area (Å²) >= 11 is 0. The van der Waals surface area contributed by atoms with E-state index in [9.17, 15) is 0 Å². The van der Waals surface area contributed by atoms with Crippen LogP contribution in [0.4, 0.5) is 0 Å². The van der Waals surface area contributed by atoms with Crippen molar-refractivity contribution in [2.75, 3.05) is 20.6 Å². The third kappa shape index (κ3) is 4.26. The number of hydrogen-bond acceptors (Lipinski definition) is 2. The maximum absolute atomic E-state index is 4.19. The quantitative estimate of drug-likeness (QED) is 0.572. The van der Waals surface area contributed by atoms with Crippen molar-refractivity contribution in [3.8, 4) is 0 Å². The second-order valence-electron chi connectivity index (χ2n) is 6.22. The molecule has 2 aliphatic rings. The zero-order valence-electron chi connectivity index (χ0n) is 15.5. The van der Waals surface area contributed by atoms with Gasteiger partial charge in [0, 0.05) is 29.6 Å². The summed E-state index contributed by atoms with van der Waals surface area (Å²) in [5.41, 5.74) is 2.71. The van der Waals surface area contributed by atoms with Crippen molar-refractivity contribution >= 4 is 39.2 Å². The third-order valence-corrected chi connectivity index (χ3v) is 7.94. The first-order chi connectivity index (χ1) is 12.6. The summed E-state index contributed by atoms with van der Waals surface area (Å²) in [5.74, 6) is 8.38. The van der Waals surface area contributed by atoms with Gasteiger partial charge in [-0.2, -0.15) is 0 Å². The maximum Gasteiger partial charge on any atom is 0.0268 e. The smallest absolute Gasteiger partial charge is 0.0268 e. The van der Waals surface area contributed by atoms with Gasteiger partial charge in [0.05, 0.1) is 0 Å². The van der Waals surface area contributed by atoms with Crippen LogP contribution in [-0.2, 0) is 6.42 Å². The molecule has 0 spiro atoms. The van der Waals surface area contributed by atoms with E-state index in [0.717, 1.165) is 13.0 Å². The summed E-state index contributed by atoms with van der Waals surface area (Å²) in [6, 6.07) is 17.0. The van der Waals surface area contributed by atoms with E-state index >= 15 is 0 Å². The summed E-state index contributed by atoms with van der Waals surface area (Å²) in [4.78, 5) is 2.72. The van der Waals surface area contributed by atoms with E-state index in [4.69, 9.17) is 0 Å². The van der Waals surface area contributed by atoms with Gasteiger partial charge in [-0.3, -0.25) is 4.31 Å². The molecule has 26 heavy (non-hydrogen) atoms. The van der Waals surface area contributed by atoms with Crippen LogP contribution in [0.1, 0.15) is 11.1 Å². The molecule has 0 saturated heterocycles. The zero-order chi connectivity index (χ0) is 18.5. The molecule has 4 rings (SSSR count). The molecule has 136 valence electrons.